The van der Waals surface area contributed by atoms with Crippen molar-refractivity contribution in [1.29, 1.82) is 0 Å². The molecule has 1 N–H and O–H groups in total. The number of aromatic nitrogens is 2. The molecule has 2 amide bonds. The Kier molecular flexibility index (Phi) is 6.18. The first kappa shape index (κ1) is 19.7. The minimum absolute atomic E-state index is 0.0704. The van der Waals surface area contributed by atoms with Crippen LogP contribution in [0.4, 0.5) is 5.82 Å². The maximum absolute atomic E-state index is 12.2. The van der Waals surface area contributed by atoms with Crippen molar-refractivity contribution in [2.45, 2.75) is 39.3 Å². The number of hydrogen-bond acceptors (Lipinski definition) is 5. The molecule has 2 aromatic rings. The van der Waals surface area contributed by atoms with Crippen LogP contribution in [0, 0.1) is 6.92 Å². The fourth-order valence-corrected chi connectivity index (χ4v) is 3.32. The Morgan fingerprint density at radius 3 is 2.82 bits per heavy atom. The number of nitrogens with zero attached hydrogens (tertiary/aromatic N) is 3. The Morgan fingerprint density at radius 1 is 1.25 bits per heavy atom. The lowest BCUT2D eigenvalue weighted by Crippen LogP contribution is -2.38. The molecule has 8 nitrogen and oxygen atoms in total. The molecule has 1 aliphatic rings. The van der Waals surface area contributed by atoms with Gasteiger partial charge in [0.15, 0.2) is 0 Å². The molecule has 0 radical (unpaired) electrons. The van der Waals surface area contributed by atoms with Crippen LogP contribution in [0.15, 0.2) is 24.3 Å². The van der Waals surface area contributed by atoms with E-state index < -0.39 is 0 Å². The average Bonchev–Trinajstić information content (AvgIpc) is 3.08. The molecule has 150 valence electrons. The predicted molar refractivity (Wildman–Crippen MR) is 105 cm³/mol. The average molecular weight is 386 g/mol. The predicted octanol–water partition coefficient (Wildman–Crippen LogP) is 2.04. The second-order valence-electron chi connectivity index (χ2n) is 6.72. The number of methoxy groups -OCH3 is 2. The number of hydrogen-bond donors (Lipinski definition) is 1. The molecule has 3 rings (SSSR count). The van der Waals surface area contributed by atoms with Gasteiger partial charge in [0.2, 0.25) is 11.8 Å². The van der Waals surface area contributed by atoms with Crippen LogP contribution in [0.3, 0.4) is 0 Å². The number of carbonyl (C=O) groups excluding carboxylic acids is 2. The van der Waals surface area contributed by atoms with Crippen LogP contribution >= 0.6 is 0 Å². The van der Waals surface area contributed by atoms with Gasteiger partial charge in [0.25, 0.3) is 0 Å². The molecule has 0 atom stereocenters. The van der Waals surface area contributed by atoms with Crippen LogP contribution in [0.25, 0.3) is 0 Å². The molecular formula is C20H26N4O4. The van der Waals surface area contributed by atoms with Crippen molar-refractivity contribution in [2.24, 2.45) is 0 Å². The van der Waals surface area contributed by atoms with Crippen molar-refractivity contribution in [1.82, 2.24) is 15.1 Å². The largest absolute Gasteiger partial charge is 0.497 e. The third-order valence-electron chi connectivity index (χ3n) is 4.75. The maximum Gasteiger partial charge on any atom is 0.229 e. The van der Waals surface area contributed by atoms with Gasteiger partial charge in [0.1, 0.15) is 17.3 Å². The molecule has 28 heavy (non-hydrogen) atoms. The van der Waals surface area contributed by atoms with Gasteiger partial charge in [0, 0.05) is 37.6 Å². The summed E-state index contributed by atoms with van der Waals surface area (Å²) in [4.78, 5) is 26.2. The summed E-state index contributed by atoms with van der Waals surface area (Å²) >= 11 is 0. The Hall–Kier alpha value is -3.03. The van der Waals surface area contributed by atoms with Crippen molar-refractivity contribution < 1.29 is 19.1 Å². The number of fused-ring (bicyclic) bond motifs is 1. The van der Waals surface area contributed by atoms with Crippen molar-refractivity contribution in [2.75, 3.05) is 25.7 Å². The molecule has 2 heterocycles. The number of nitrogens with one attached hydrogen (secondary N) is 1. The summed E-state index contributed by atoms with van der Waals surface area (Å²) in [6.45, 7) is 3.38. The van der Waals surface area contributed by atoms with Gasteiger partial charge in [-0.3, -0.25) is 14.5 Å². The summed E-state index contributed by atoms with van der Waals surface area (Å²) in [5.41, 5.74) is 1.74. The first-order valence-corrected chi connectivity index (χ1v) is 9.34. The number of carbonyl (C=O) groups is 2. The van der Waals surface area contributed by atoms with Crippen LogP contribution in [0.5, 0.6) is 11.5 Å². The molecular weight excluding hydrogens is 360 g/mol. The van der Waals surface area contributed by atoms with E-state index in [1.165, 1.54) is 0 Å². The minimum Gasteiger partial charge on any atom is -0.497 e. The highest BCUT2D eigenvalue weighted by Gasteiger charge is 2.25. The number of anilines is 1. The molecule has 0 spiro atoms. The summed E-state index contributed by atoms with van der Waals surface area (Å²) in [7, 11) is 3.19. The topological polar surface area (TPSA) is 85.7 Å². The second kappa shape index (κ2) is 8.77. The van der Waals surface area contributed by atoms with E-state index in [0.717, 1.165) is 17.1 Å². The fourth-order valence-electron chi connectivity index (χ4n) is 3.32. The lowest BCUT2D eigenvalue weighted by molar-refractivity contribution is -0.122. The number of aryl methyl sites for hydroxylation is 2. The molecule has 0 bridgehead atoms. The van der Waals surface area contributed by atoms with E-state index in [-0.39, 0.29) is 11.8 Å². The van der Waals surface area contributed by atoms with Gasteiger partial charge in [-0.2, -0.15) is 5.10 Å². The van der Waals surface area contributed by atoms with Gasteiger partial charge in [-0.1, -0.05) is 0 Å². The van der Waals surface area contributed by atoms with Crippen LogP contribution in [-0.4, -0.2) is 42.4 Å². The van der Waals surface area contributed by atoms with Crippen LogP contribution < -0.4 is 19.7 Å². The van der Waals surface area contributed by atoms with E-state index in [0.29, 0.717) is 50.4 Å². The molecule has 1 aliphatic heterocycles. The zero-order valence-corrected chi connectivity index (χ0v) is 16.5. The van der Waals surface area contributed by atoms with E-state index in [1.54, 1.807) is 19.1 Å². The lowest BCUT2D eigenvalue weighted by atomic mass is 10.1. The number of benzene rings is 1. The maximum atomic E-state index is 12.2. The van der Waals surface area contributed by atoms with E-state index in [2.05, 4.69) is 10.4 Å². The first-order valence-electron chi connectivity index (χ1n) is 9.34. The summed E-state index contributed by atoms with van der Waals surface area (Å²) in [6.07, 6.45) is 1.36. The van der Waals surface area contributed by atoms with Crippen molar-refractivity contribution >= 4 is 17.6 Å². The zero-order valence-electron chi connectivity index (χ0n) is 16.5. The van der Waals surface area contributed by atoms with E-state index in [4.69, 9.17) is 9.47 Å². The molecule has 0 saturated carbocycles. The molecule has 1 aromatic carbocycles. The quantitative estimate of drug-likeness (QED) is 0.750. The van der Waals surface area contributed by atoms with Gasteiger partial charge < -0.3 is 14.8 Å². The summed E-state index contributed by atoms with van der Waals surface area (Å²) in [6, 6.07) is 7.38. The number of rotatable bonds is 8. The molecule has 0 aliphatic carbocycles. The van der Waals surface area contributed by atoms with Crippen molar-refractivity contribution in [3.63, 3.8) is 0 Å². The molecule has 8 heteroatoms. The van der Waals surface area contributed by atoms with E-state index in [9.17, 15) is 9.59 Å². The van der Waals surface area contributed by atoms with Crippen molar-refractivity contribution in [3.05, 3.63) is 35.5 Å². The highest BCUT2D eigenvalue weighted by Crippen LogP contribution is 2.24. The van der Waals surface area contributed by atoms with E-state index in [1.807, 2.05) is 35.9 Å². The molecule has 0 unspecified atom stereocenters. The zero-order chi connectivity index (χ0) is 20.1. The van der Waals surface area contributed by atoms with Gasteiger partial charge in [0.05, 0.1) is 26.5 Å². The smallest absolute Gasteiger partial charge is 0.229 e. The fraction of sp³-hybridized carbons (Fsp3) is 0.450. The van der Waals surface area contributed by atoms with Gasteiger partial charge in [-0.25, -0.2) is 4.68 Å². The number of amides is 2. The number of ether oxygens (including phenoxy) is 2. The Morgan fingerprint density at radius 2 is 2.07 bits per heavy atom. The Bertz CT molecular complexity index is 862. The molecule has 0 saturated heterocycles. The SMILES string of the molecule is COc1ccc(OC)c(CNC(=O)CCCN2C(=O)CCn3nc(C)cc32)c1. The van der Waals surface area contributed by atoms with Crippen molar-refractivity contribution in [3.8, 4) is 11.5 Å². The van der Waals surface area contributed by atoms with Gasteiger partial charge >= 0.3 is 0 Å². The Labute approximate surface area is 164 Å². The summed E-state index contributed by atoms with van der Waals surface area (Å²) < 4.78 is 12.4. The Balaban J connectivity index is 1.51. The minimum atomic E-state index is -0.0704. The third kappa shape index (κ3) is 4.44. The summed E-state index contributed by atoms with van der Waals surface area (Å²) in [5.74, 6) is 2.23. The normalized spacial score (nSPS) is 13.2. The third-order valence-corrected chi connectivity index (χ3v) is 4.75. The standard InChI is InChI=1S/C20H26N4O4/c1-14-11-19-23(20(26)8-10-24(19)22-14)9-4-5-18(25)21-13-15-12-16(27-2)6-7-17(15)28-3/h6-7,11-12H,4-5,8-10,13H2,1-3H3,(H,21,25). The van der Waals surface area contributed by atoms with Crippen LogP contribution in [0.1, 0.15) is 30.5 Å². The van der Waals surface area contributed by atoms with E-state index >= 15 is 0 Å². The highest BCUT2D eigenvalue weighted by atomic mass is 16.5. The van der Waals surface area contributed by atoms with Crippen LogP contribution in [-0.2, 0) is 22.7 Å². The second-order valence-corrected chi connectivity index (χ2v) is 6.72. The monoisotopic (exact) mass is 386 g/mol. The molecule has 0 fully saturated rings. The van der Waals surface area contributed by atoms with Gasteiger partial charge in [-0.05, 0) is 31.5 Å². The van der Waals surface area contributed by atoms with Gasteiger partial charge in [-0.15, -0.1) is 0 Å². The van der Waals surface area contributed by atoms with Crippen LogP contribution in [0.2, 0.25) is 0 Å². The highest BCUT2D eigenvalue weighted by molar-refractivity contribution is 5.93. The summed E-state index contributed by atoms with van der Waals surface area (Å²) in [5, 5.41) is 7.30. The lowest BCUT2D eigenvalue weighted by Gasteiger charge is -2.27. The first-order chi connectivity index (χ1) is 13.5. The molecule has 1 aromatic heterocycles.